The first kappa shape index (κ1) is 21.6. The zero-order chi connectivity index (χ0) is 22.5. The van der Waals surface area contributed by atoms with Crippen molar-refractivity contribution in [3.05, 3.63) is 59.9 Å². The highest BCUT2D eigenvalue weighted by Gasteiger charge is 2.23. The van der Waals surface area contributed by atoms with E-state index in [9.17, 15) is 14.0 Å². The Hall–Kier alpha value is -3.62. The molecule has 8 nitrogen and oxygen atoms in total. The number of hydrogen-bond acceptors (Lipinski definition) is 5. The summed E-state index contributed by atoms with van der Waals surface area (Å²) in [5.41, 5.74) is 2.27. The third-order valence-corrected chi connectivity index (χ3v) is 5.50. The third kappa shape index (κ3) is 5.35. The highest BCUT2D eigenvalue weighted by Crippen LogP contribution is 2.19. The van der Waals surface area contributed by atoms with E-state index in [0.717, 1.165) is 31.2 Å². The molecule has 0 atom stereocenters. The van der Waals surface area contributed by atoms with Crippen LogP contribution in [0.2, 0.25) is 0 Å². The molecule has 0 aliphatic heterocycles. The number of nitrogens with one attached hydrogen (secondary N) is 1. The van der Waals surface area contributed by atoms with Gasteiger partial charge in [0.15, 0.2) is 0 Å². The first-order chi connectivity index (χ1) is 15.5. The number of aromatic nitrogens is 4. The molecule has 1 N–H and O–H groups in total. The number of carbonyl (C=O) groups is 2. The molecule has 32 heavy (non-hydrogen) atoms. The Kier molecular flexibility index (Phi) is 6.53. The first-order valence-electron chi connectivity index (χ1n) is 10.7. The predicted octanol–water partition coefficient (Wildman–Crippen LogP) is 2.88. The van der Waals surface area contributed by atoms with Crippen LogP contribution < -0.4 is 10.2 Å². The summed E-state index contributed by atoms with van der Waals surface area (Å²) in [5, 5.41) is 15.1. The van der Waals surface area contributed by atoms with Gasteiger partial charge in [-0.05, 0) is 61.4 Å². The number of anilines is 1. The van der Waals surface area contributed by atoms with E-state index in [1.165, 1.54) is 21.8 Å². The van der Waals surface area contributed by atoms with Crippen molar-refractivity contribution in [2.45, 2.75) is 45.2 Å². The Morgan fingerprint density at radius 1 is 1.09 bits per heavy atom. The number of rotatable bonds is 7. The van der Waals surface area contributed by atoms with Crippen LogP contribution in [0.3, 0.4) is 0 Å². The Bertz CT molecular complexity index is 1070. The topological polar surface area (TPSA) is 93.0 Å². The molecule has 3 aromatic rings. The monoisotopic (exact) mass is 436 g/mol. The largest absolute Gasteiger partial charge is 0.352 e. The highest BCUT2D eigenvalue weighted by molar-refractivity contribution is 5.98. The lowest BCUT2D eigenvalue weighted by molar-refractivity contribution is -0.124. The van der Waals surface area contributed by atoms with Gasteiger partial charge in [0.25, 0.3) is 5.91 Å². The van der Waals surface area contributed by atoms with Crippen molar-refractivity contribution in [3.8, 4) is 11.4 Å². The SMILES string of the molecule is Cc1ccc(N(CC(=O)NC2CCCC2)C(=O)Cn2nnc(-c3ccc(F)cc3)n2)cc1. The number of nitrogens with zero attached hydrogens (tertiary/aromatic N) is 5. The number of aryl methyl sites for hydroxylation is 1. The fourth-order valence-corrected chi connectivity index (χ4v) is 3.77. The van der Waals surface area contributed by atoms with E-state index < -0.39 is 0 Å². The van der Waals surface area contributed by atoms with E-state index in [-0.39, 0.29) is 36.8 Å². The van der Waals surface area contributed by atoms with E-state index in [1.807, 2.05) is 31.2 Å². The summed E-state index contributed by atoms with van der Waals surface area (Å²) in [6.07, 6.45) is 4.17. The number of hydrogen-bond donors (Lipinski definition) is 1. The van der Waals surface area contributed by atoms with E-state index in [4.69, 9.17) is 0 Å². The van der Waals surface area contributed by atoms with E-state index in [2.05, 4.69) is 20.7 Å². The van der Waals surface area contributed by atoms with Crippen LogP contribution in [0.1, 0.15) is 31.2 Å². The van der Waals surface area contributed by atoms with Crippen molar-refractivity contribution >= 4 is 17.5 Å². The summed E-state index contributed by atoms with van der Waals surface area (Å²) in [5.74, 6) is -0.595. The quantitative estimate of drug-likeness (QED) is 0.615. The lowest BCUT2D eigenvalue weighted by Gasteiger charge is -2.23. The molecule has 1 fully saturated rings. The van der Waals surface area contributed by atoms with Gasteiger partial charge in [-0.15, -0.1) is 10.2 Å². The van der Waals surface area contributed by atoms with E-state index >= 15 is 0 Å². The van der Waals surface area contributed by atoms with Crippen LogP contribution >= 0.6 is 0 Å². The van der Waals surface area contributed by atoms with Gasteiger partial charge in [0.1, 0.15) is 18.9 Å². The average Bonchev–Trinajstić information content (AvgIpc) is 3.45. The zero-order valence-electron chi connectivity index (χ0n) is 17.9. The predicted molar refractivity (Wildman–Crippen MR) is 117 cm³/mol. The minimum Gasteiger partial charge on any atom is -0.352 e. The van der Waals surface area contributed by atoms with Gasteiger partial charge in [0.05, 0.1) is 0 Å². The summed E-state index contributed by atoms with van der Waals surface area (Å²) in [7, 11) is 0. The molecule has 1 heterocycles. The van der Waals surface area contributed by atoms with Crippen LogP contribution in [0.25, 0.3) is 11.4 Å². The van der Waals surface area contributed by atoms with E-state index in [0.29, 0.717) is 17.1 Å². The molecular formula is C23H25FN6O2. The van der Waals surface area contributed by atoms with Crippen LogP contribution in [-0.2, 0) is 16.1 Å². The Morgan fingerprint density at radius 2 is 1.78 bits per heavy atom. The van der Waals surface area contributed by atoms with Crippen molar-refractivity contribution in [1.82, 2.24) is 25.5 Å². The lowest BCUT2D eigenvalue weighted by Crippen LogP contribution is -2.44. The second kappa shape index (κ2) is 9.67. The summed E-state index contributed by atoms with van der Waals surface area (Å²) in [4.78, 5) is 28.4. The molecule has 0 spiro atoms. The van der Waals surface area contributed by atoms with Crippen LogP contribution in [0, 0.1) is 12.7 Å². The molecule has 1 aromatic heterocycles. The van der Waals surface area contributed by atoms with Crippen molar-refractivity contribution in [3.63, 3.8) is 0 Å². The third-order valence-electron chi connectivity index (χ3n) is 5.50. The van der Waals surface area contributed by atoms with E-state index in [1.54, 1.807) is 12.1 Å². The zero-order valence-corrected chi connectivity index (χ0v) is 17.9. The maximum atomic E-state index is 13.1. The normalized spacial score (nSPS) is 13.8. The lowest BCUT2D eigenvalue weighted by atomic mass is 10.2. The average molecular weight is 436 g/mol. The summed E-state index contributed by atoms with van der Waals surface area (Å²) in [6.45, 7) is 1.69. The molecule has 2 aromatic carbocycles. The van der Waals surface area contributed by atoms with Crippen molar-refractivity contribution in [2.24, 2.45) is 0 Å². The molecule has 0 saturated heterocycles. The number of benzene rings is 2. The van der Waals surface area contributed by atoms with Gasteiger partial charge in [-0.1, -0.05) is 30.5 Å². The van der Waals surface area contributed by atoms with Gasteiger partial charge in [0, 0.05) is 17.3 Å². The van der Waals surface area contributed by atoms with Gasteiger partial charge >= 0.3 is 0 Å². The van der Waals surface area contributed by atoms with Gasteiger partial charge < -0.3 is 10.2 Å². The maximum absolute atomic E-state index is 13.1. The molecule has 1 aliphatic carbocycles. The molecule has 0 bridgehead atoms. The Morgan fingerprint density at radius 3 is 2.47 bits per heavy atom. The van der Waals surface area contributed by atoms with Gasteiger partial charge in [0.2, 0.25) is 11.7 Å². The molecule has 0 unspecified atom stereocenters. The minimum atomic E-state index is -0.360. The molecular weight excluding hydrogens is 411 g/mol. The molecule has 166 valence electrons. The number of carbonyl (C=O) groups excluding carboxylic acids is 2. The highest BCUT2D eigenvalue weighted by atomic mass is 19.1. The van der Waals surface area contributed by atoms with Gasteiger partial charge in [-0.25, -0.2) is 4.39 Å². The molecule has 0 radical (unpaired) electrons. The van der Waals surface area contributed by atoms with Crippen molar-refractivity contribution in [1.29, 1.82) is 0 Å². The minimum absolute atomic E-state index is 0.0854. The van der Waals surface area contributed by atoms with Crippen LogP contribution in [0.4, 0.5) is 10.1 Å². The second-order valence-corrected chi connectivity index (χ2v) is 8.01. The number of halogens is 1. The van der Waals surface area contributed by atoms with Gasteiger partial charge in [-0.2, -0.15) is 4.80 Å². The Labute approximate surface area is 185 Å². The second-order valence-electron chi connectivity index (χ2n) is 8.01. The standard InChI is InChI=1S/C23H25FN6O2/c1-16-6-12-20(13-7-16)29(14-21(31)25-19-4-2-3-5-19)22(32)15-30-27-23(26-28-30)17-8-10-18(24)11-9-17/h6-13,19H,2-5,14-15H2,1H3,(H,25,31). The first-order valence-corrected chi connectivity index (χ1v) is 10.7. The van der Waals surface area contributed by atoms with Crippen LogP contribution in [0.15, 0.2) is 48.5 Å². The molecule has 1 saturated carbocycles. The fraction of sp³-hybridized carbons (Fsp3) is 0.348. The molecule has 2 amide bonds. The smallest absolute Gasteiger partial charge is 0.251 e. The maximum Gasteiger partial charge on any atom is 0.251 e. The Balaban J connectivity index is 1.48. The number of amides is 2. The summed E-state index contributed by atoms with van der Waals surface area (Å²) in [6, 6.07) is 13.3. The number of tetrazole rings is 1. The summed E-state index contributed by atoms with van der Waals surface area (Å²) >= 11 is 0. The molecule has 9 heteroatoms. The molecule has 4 rings (SSSR count). The van der Waals surface area contributed by atoms with Crippen LogP contribution in [0.5, 0.6) is 0 Å². The summed E-state index contributed by atoms with van der Waals surface area (Å²) < 4.78 is 13.1. The van der Waals surface area contributed by atoms with Crippen molar-refractivity contribution < 1.29 is 14.0 Å². The molecule has 1 aliphatic rings. The van der Waals surface area contributed by atoms with Gasteiger partial charge in [-0.3, -0.25) is 9.59 Å². The fourth-order valence-electron chi connectivity index (χ4n) is 3.77. The van der Waals surface area contributed by atoms with Crippen LogP contribution in [-0.4, -0.2) is 44.6 Å². The van der Waals surface area contributed by atoms with Crippen molar-refractivity contribution in [2.75, 3.05) is 11.4 Å².